The Morgan fingerprint density at radius 1 is 1.22 bits per heavy atom. The largest absolute Gasteiger partial charge is 0.480 e. The predicted octanol–water partition coefficient (Wildman–Crippen LogP) is 3.45. The number of anilines is 1. The molecular weight excluding hydrogens is 321 g/mol. The molecule has 0 saturated carbocycles. The van der Waals surface area contributed by atoms with Crippen LogP contribution in [0, 0.1) is 5.82 Å². The van der Waals surface area contributed by atoms with E-state index in [2.05, 4.69) is 0 Å². The predicted molar refractivity (Wildman–Crippen MR) is 84.1 cm³/mol. The average molecular weight is 334 g/mol. The number of carboxylic acids is 1. The zero-order valence-electron chi connectivity index (χ0n) is 11.9. The Kier molecular flexibility index (Phi) is 4.05. The number of hydrogen-bond acceptors (Lipinski definition) is 2. The minimum absolute atomic E-state index is 0.0793. The SMILES string of the molecule is O=C(O)[C@H]1[C@H](c2ccccc2)CC(=O)N1c1ccc(F)c(Cl)c1. The van der Waals surface area contributed by atoms with Crippen LogP contribution in [0.4, 0.5) is 10.1 Å². The fourth-order valence-corrected chi connectivity index (χ4v) is 3.13. The van der Waals surface area contributed by atoms with Gasteiger partial charge in [0.25, 0.3) is 0 Å². The molecule has 1 aliphatic heterocycles. The second kappa shape index (κ2) is 6.01. The molecule has 2 atom stereocenters. The summed E-state index contributed by atoms with van der Waals surface area (Å²) >= 11 is 5.76. The van der Waals surface area contributed by atoms with Crippen molar-refractivity contribution in [2.24, 2.45) is 0 Å². The van der Waals surface area contributed by atoms with Crippen LogP contribution in [-0.2, 0) is 9.59 Å². The molecule has 1 saturated heterocycles. The summed E-state index contributed by atoms with van der Waals surface area (Å²) in [6.45, 7) is 0. The van der Waals surface area contributed by atoms with E-state index in [0.717, 1.165) is 11.6 Å². The summed E-state index contributed by atoms with van der Waals surface area (Å²) in [7, 11) is 0. The molecular formula is C17H13ClFNO3. The van der Waals surface area contributed by atoms with Gasteiger partial charge in [-0.05, 0) is 23.8 Å². The molecule has 0 unspecified atom stereocenters. The molecule has 1 N–H and O–H groups in total. The number of amides is 1. The van der Waals surface area contributed by atoms with E-state index >= 15 is 0 Å². The van der Waals surface area contributed by atoms with Crippen molar-refractivity contribution in [3.63, 3.8) is 0 Å². The third-order valence-electron chi connectivity index (χ3n) is 3.98. The lowest BCUT2D eigenvalue weighted by Crippen LogP contribution is -2.41. The van der Waals surface area contributed by atoms with Crippen molar-refractivity contribution in [1.29, 1.82) is 0 Å². The number of carbonyl (C=O) groups excluding carboxylic acids is 1. The van der Waals surface area contributed by atoms with E-state index in [0.29, 0.717) is 0 Å². The van der Waals surface area contributed by atoms with Crippen LogP contribution in [0.2, 0.25) is 5.02 Å². The summed E-state index contributed by atoms with van der Waals surface area (Å²) in [5.41, 5.74) is 1.07. The van der Waals surface area contributed by atoms with Crippen molar-refractivity contribution < 1.29 is 19.1 Å². The molecule has 0 aliphatic carbocycles. The molecule has 0 spiro atoms. The van der Waals surface area contributed by atoms with Crippen molar-refractivity contribution in [2.45, 2.75) is 18.4 Å². The number of hydrogen-bond donors (Lipinski definition) is 1. The Labute approximate surface area is 137 Å². The van der Waals surface area contributed by atoms with Gasteiger partial charge >= 0.3 is 5.97 Å². The normalized spacial score (nSPS) is 20.8. The van der Waals surface area contributed by atoms with Gasteiger partial charge in [0.2, 0.25) is 5.91 Å². The summed E-state index contributed by atoms with van der Waals surface area (Å²) in [5.74, 6) is -2.52. The third-order valence-corrected chi connectivity index (χ3v) is 4.27. The molecule has 118 valence electrons. The Bertz CT molecular complexity index is 766. The first-order chi connectivity index (χ1) is 11.0. The van der Waals surface area contributed by atoms with E-state index in [-0.39, 0.29) is 23.0 Å². The minimum Gasteiger partial charge on any atom is -0.480 e. The maximum absolute atomic E-state index is 13.3. The molecule has 0 radical (unpaired) electrons. The van der Waals surface area contributed by atoms with E-state index in [1.54, 1.807) is 24.3 Å². The van der Waals surface area contributed by atoms with Gasteiger partial charge in [-0.1, -0.05) is 41.9 Å². The first-order valence-corrected chi connectivity index (χ1v) is 7.41. The van der Waals surface area contributed by atoms with Gasteiger partial charge in [-0.2, -0.15) is 0 Å². The molecule has 1 heterocycles. The van der Waals surface area contributed by atoms with Gasteiger partial charge in [-0.3, -0.25) is 9.69 Å². The van der Waals surface area contributed by atoms with Gasteiger partial charge in [0, 0.05) is 18.0 Å². The van der Waals surface area contributed by atoms with Gasteiger partial charge < -0.3 is 5.11 Å². The smallest absolute Gasteiger partial charge is 0.327 e. The van der Waals surface area contributed by atoms with Crippen LogP contribution in [0.1, 0.15) is 17.9 Å². The molecule has 0 bridgehead atoms. The van der Waals surface area contributed by atoms with E-state index < -0.39 is 23.7 Å². The number of carbonyl (C=O) groups is 2. The summed E-state index contributed by atoms with van der Waals surface area (Å²) in [6.07, 6.45) is 0.0793. The van der Waals surface area contributed by atoms with Crippen LogP contribution in [0.5, 0.6) is 0 Å². The Hall–Kier alpha value is -2.40. The number of rotatable bonds is 3. The van der Waals surface area contributed by atoms with E-state index in [9.17, 15) is 19.1 Å². The number of halogens is 2. The van der Waals surface area contributed by atoms with Crippen LogP contribution < -0.4 is 4.90 Å². The van der Waals surface area contributed by atoms with E-state index in [1.807, 2.05) is 6.07 Å². The van der Waals surface area contributed by atoms with Crippen LogP contribution >= 0.6 is 11.6 Å². The van der Waals surface area contributed by atoms with Crippen molar-refractivity contribution in [3.05, 3.63) is 64.9 Å². The molecule has 1 amide bonds. The van der Waals surface area contributed by atoms with Gasteiger partial charge in [-0.15, -0.1) is 0 Å². The number of benzene rings is 2. The van der Waals surface area contributed by atoms with Gasteiger partial charge in [-0.25, -0.2) is 9.18 Å². The van der Waals surface area contributed by atoms with Crippen LogP contribution in [-0.4, -0.2) is 23.0 Å². The van der Waals surface area contributed by atoms with Crippen LogP contribution in [0.25, 0.3) is 0 Å². The van der Waals surface area contributed by atoms with Gasteiger partial charge in [0.05, 0.1) is 5.02 Å². The van der Waals surface area contributed by atoms with E-state index in [1.165, 1.54) is 17.0 Å². The second-order valence-electron chi connectivity index (χ2n) is 5.37. The molecule has 2 aromatic carbocycles. The average Bonchev–Trinajstić information content (AvgIpc) is 2.88. The number of aliphatic carboxylic acids is 1. The maximum atomic E-state index is 13.3. The maximum Gasteiger partial charge on any atom is 0.327 e. The van der Waals surface area contributed by atoms with Crippen molar-refractivity contribution in [3.8, 4) is 0 Å². The third kappa shape index (κ3) is 2.80. The van der Waals surface area contributed by atoms with Crippen molar-refractivity contribution in [2.75, 3.05) is 4.90 Å². The summed E-state index contributed by atoms with van der Waals surface area (Å²) < 4.78 is 13.3. The Morgan fingerprint density at radius 2 is 1.91 bits per heavy atom. The first kappa shape index (κ1) is 15.5. The summed E-state index contributed by atoms with van der Waals surface area (Å²) in [6, 6.07) is 11.7. The number of carboxylic acid groups (broad SMARTS) is 1. The summed E-state index contributed by atoms with van der Waals surface area (Å²) in [5, 5.41) is 9.47. The van der Waals surface area contributed by atoms with Crippen molar-refractivity contribution in [1.82, 2.24) is 0 Å². The molecule has 3 rings (SSSR count). The first-order valence-electron chi connectivity index (χ1n) is 7.04. The van der Waals surface area contributed by atoms with Gasteiger partial charge in [0.1, 0.15) is 11.9 Å². The zero-order valence-corrected chi connectivity index (χ0v) is 12.7. The molecule has 0 aromatic heterocycles. The molecule has 4 nitrogen and oxygen atoms in total. The lowest BCUT2D eigenvalue weighted by atomic mass is 9.91. The van der Waals surface area contributed by atoms with Crippen molar-refractivity contribution >= 4 is 29.2 Å². The monoisotopic (exact) mass is 333 g/mol. The lowest BCUT2D eigenvalue weighted by Gasteiger charge is -2.25. The highest BCUT2D eigenvalue weighted by Gasteiger charge is 2.45. The summed E-state index contributed by atoms with van der Waals surface area (Å²) in [4.78, 5) is 25.3. The Balaban J connectivity index is 2.04. The molecule has 2 aromatic rings. The molecule has 1 fully saturated rings. The second-order valence-corrected chi connectivity index (χ2v) is 5.77. The van der Waals surface area contributed by atoms with E-state index in [4.69, 9.17) is 11.6 Å². The highest BCUT2D eigenvalue weighted by Crippen LogP contribution is 2.38. The quantitative estimate of drug-likeness (QED) is 0.936. The number of nitrogens with zero attached hydrogens (tertiary/aromatic N) is 1. The molecule has 6 heteroatoms. The highest BCUT2D eigenvalue weighted by molar-refractivity contribution is 6.31. The van der Waals surface area contributed by atoms with Gasteiger partial charge in [0.15, 0.2) is 0 Å². The Morgan fingerprint density at radius 3 is 2.52 bits per heavy atom. The fraction of sp³-hybridized carbons (Fsp3) is 0.176. The molecule has 1 aliphatic rings. The van der Waals surface area contributed by atoms with Crippen LogP contribution in [0.3, 0.4) is 0 Å². The fourth-order valence-electron chi connectivity index (χ4n) is 2.96. The lowest BCUT2D eigenvalue weighted by molar-refractivity contribution is -0.139. The highest BCUT2D eigenvalue weighted by atomic mass is 35.5. The topological polar surface area (TPSA) is 57.6 Å². The minimum atomic E-state index is -1.11. The molecule has 23 heavy (non-hydrogen) atoms. The zero-order chi connectivity index (χ0) is 16.6. The standard InChI is InChI=1S/C17H13ClFNO3/c18-13-8-11(6-7-14(13)19)20-15(21)9-12(16(20)17(22)23)10-4-2-1-3-5-10/h1-8,12,16H,9H2,(H,22,23)/t12-,16+/m0/s1. The van der Waals surface area contributed by atoms with Crippen LogP contribution in [0.15, 0.2) is 48.5 Å².